The fourth-order valence-corrected chi connectivity index (χ4v) is 4.81. The molecule has 0 aliphatic carbocycles. The first-order valence-corrected chi connectivity index (χ1v) is 8.16. The van der Waals surface area contributed by atoms with Crippen LogP contribution >= 0.6 is 34.0 Å². The standard InChI is InChI=1S/C14H12S3/c1-2-10-9-13(11-5-3-7-15-11)17-14(10)12-6-4-8-16-12/h3-9H,2H2,1H3. The summed E-state index contributed by atoms with van der Waals surface area (Å²) >= 11 is 5.57. The minimum absolute atomic E-state index is 1.11. The second kappa shape index (κ2) is 4.77. The van der Waals surface area contributed by atoms with Crippen LogP contribution in [0.1, 0.15) is 12.5 Å². The van der Waals surface area contributed by atoms with Gasteiger partial charge in [0.05, 0.1) is 0 Å². The lowest BCUT2D eigenvalue weighted by molar-refractivity contribution is 1.16. The molecule has 0 unspecified atom stereocenters. The second-order valence-corrected chi connectivity index (χ2v) is 6.72. The predicted octanol–water partition coefficient (Wildman–Crippen LogP) is 5.77. The fourth-order valence-electron chi connectivity index (χ4n) is 1.85. The molecule has 3 heterocycles. The van der Waals surface area contributed by atoms with E-state index >= 15 is 0 Å². The smallest absolute Gasteiger partial charge is 0.0481 e. The van der Waals surface area contributed by atoms with Crippen molar-refractivity contribution in [2.75, 3.05) is 0 Å². The summed E-state index contributed by atoms with van der Waals surface area (Å²) in [5.41, 5.74) is 1.47. The normalized spacial score (nSPS) is 10.9. The minimum atomic E-state index is 1.11. The Labute approximate surface area is 113 Å². The highest BCUT2D eigenvalue weighted by atomic mass is 32.1. The third-order valence-electron chi connectivity index (χ3n) is 2.70. The van der Waals surface area contributed by atoms with Gasteiger partial charge in [0.25, 0.3) is 0 Å². The highest BCUT2D eigenvalue weighted by molar-refractivity contribution is 7.25. The molecular weight excluding hydrogens is 264 g/mol. The van der Waals surface area contributed by atoms with E-state index in [-0.39, 0.29) is 0 Å². The maximum absolute atomic E-state index is 2.35. The molecule has 17 heavy (non-hydrogen) atoms. The van der Waals surface area contributed by atoms with Crippen molar-refractivity contribution in [1.29, 1.82) is 0 Å². The molecule has 0 aliphatic rings. The molecule has 3 aromatic heterocycles. The van der Waals surface area contributed by atoms with Gasteiger partial charge in [-0.3, -0.25) is 0 Å². The summed E-state index contributed by atoms with van der Waals surface area (Å²) in [6, 6.07) is 11.0. The van der Waals surface area contributed by atoms with E-state index in [1.54, 1.807) is 0 Å². The molecule has 0 spiro atoms. The van der Waals surface area contributed by atoms with E-state index in [0.717, 1.165) is 6.42 Å². The van der Waals surface area contributed by atoms with Crippen molar-refractivity contribution in [1.82, 2.24) is 0 Å². The van der Waals surface area contributed by atoms with E-state index in [2.05, 4.69) is 48.0 Å². The van der Waals surface area contributed by atoms with Crippen LogP contribution in [0, 0.1) is 0 Å². The quantitative estimate of drug-likeness (QED) is 0.570. The van der Waals surface area contributed by atoms with Crippen molar-refractivity contribution in [2.24, 2.45) is 0 Å². The van der Waals surface area contributed by atoms with Crippen molar-refractivity contribution in [3.63, 3.8) is 0 Å². The Balaban J connectivity index is 2.10. The molecule has 0 saturated carbocycles. The van der Waals surface area contributed by atoms with Crippen molar-refractivity contribution in [2.45, 2.75) is 13.3 Å². The third-order valence-corrected chi connectivity index (χ3v) is 5.99. The summed E-state index contributed by atoms with van der Waals surface area (Å²) in [5.74, 6) is 0. The highest BCUT2D eigenvalue weighted by Crippen LogP contribution is 2.41. The topological polar surface area (TPSA) is 0 Å². The summed E-state index contributed by atoms with van der Waals surface area (Å²) in [4.78, 5) is 5.63. The van der Waals surface area contributed by atoms with Crippen LogP contribution in [0.25, 0.3) is 19.5 Å². The molecule has 0 atom stereocenters. The lowest BCUT2D eigenvalue weighted by Gasteiger charge is -1.95. The minimum Gasteiger partial charge on any atom is -0.143 e. The summed E-state index contributed by atoms with van der Waals surface area (Å²) < 4.78 is 0. The van der Waals surface area contributed by atoms with Gasteiger partial charge in [-0.25, -0.2) is 0 Å². The van der Waals surface area contributed by atoms with E-state index in [4.69, 9.17) is 0 Å². The number of hydrogen-bond acceptors (Lipinski definition) is 3. The molecule has 0 bridgehead atoms. The zero-order valence-electron chi connectivity index (χ0n) is 9.47. The fraction of sp³-hybridized carbons (Fsp3) is 0.143. The van der Waals surface area contributed by atoms with Crippen molar-refractivity contribution >= 4 is 34.0 Å². The first-order valence-electron chi connectivity index (χ1n) is 5.59. The zero-order chi connectivity index (χ0) is 11.7. The molecule has 3 aromatic rings. The molecule has 0 radical (unpaired) electrons. The van der Waals surface area contributed by atoms with Gasteiger partial charge in [0, 0.05) is 19.5 Å². The monoisotopic (exact) mass is 276 g/mol. The summed E-state index contributed by atoms with van der Waals surface area (Å²) in [7, 11) is 0. The summed E-state index contributed by atoms with van der Waals surface area (Å²) in [6.45, 7) is 2.23. The van der Waals surface area contributed by atoms with Crippen molar-refractivity contribution in [3.8, 4) is 19.5 Å². The largest absolute Gasteiger partial charge is 0.143 e. The van der Waals surface area contributed by atoms with Gasteiger partial charge in [-0.2, -0.15) is 0 Å². The van der Waals surface area contributed by atoms with Crippen LogP contribution in [-0.4, -0.2) is 0 Å². The van der Waals surface area contributed by atoms with E-state index in [1.165, 1.54) is 25.1 Å². The number of thiophene rings is 3. The van der Waals surface area contributed by atoms with E-state index in [1.807, 2.05) is 34.0 Å². The van der Waals surface area contributed by atoms with E-state index in [9.17, 15) is 0 Å². The molecule has 3 heteroatoms. The molecule has 3 rings (SSSR count). The number of aryl methyl sites for hydroxylation is 1. The van der Waals surface area contributed by atoms with Gasteiger partial charge in [-0.05, 0) is 40.9 Å². The number of hydrogen-bond donors (Lipinski definition) is 0. The molecule has 0 aliphatic heterocycles. The molecule has 0 nitrogen and oxygen atoms in total. The Kier molecular flexibility index (Phi) is 3.14. The Morgan fingerprint density at radius 1 is 0.941 bits per heavy atom. The van der Waals surface area contributed by atoms with Gasteiger partial charge in [0.15, 0.2) is 0 Å². The Hall–Kier alpha value is -0.900. The van der Waals surface area contributed by atoms with Crippen LogP contribution < -0.4 is 0 Å². The first kappa shape index (κ1) is 11.2. The van der Waals surface area contributed by atoms with Crippen LogP contribution in [0.5, 0.6) is 0 Å². The third kappa shape index (κ3) is 2.10. The Morgan fingerprint density at radius 3 is 2.24 bits per heavy atom. The van der Waals surface area contributed by atoms with Crippen LogP contribution in [0.3, 0.4) is 0 Å². The van der Waals surface area contributed by atoms with E-state index in [0.29, 0.717) is 0 Å². The predicted molar refractivity (Wildman–Crippen MR) is 80.3 cm³/mol. The SMILES string of the molecule is CCc1cc(-c2cccs2)sc1-c1cccs1. The van der Waals surface area contributed by atoms with Gasteiger partial charge < -0.3 is 0 Å². The Bertz CT molecular complexity index is 586. The van der Waals surface area contributed by atoms with Crippen LogP contribution in [-0.2, 0) is 6.42 Å². The molecule has 0 amide bonds. The molecule has 0 aromatic carbocycles. The maximum Gasteiger partial charge on any atom is 0.0481 e. The van der Waals surface area contributed by atoms with Crippen molar-refractivity contribution < 1.29 is 0 Å². The molecule has 0 saturated heterocycles. The van der Waals surface area contributed by atoms with Gasteiger partial charge in [0.2, 0.25) is 0 Å². The van der Waals surface area contributed by atoms with Crippen LogP contribution in [0.15, 0.2) is 41.1 Å². The zero-order valence-corrected chi connectivity index (χ0v) is 11.9. The molecule has 0 N–H and O–H groups in total. The maximum atomic E-state index is 2.35. The molecule has 86 valence electrons. The van der Waals surface area contributed by atoms with Gasteiger partial charge in [-0.15, -0.1) is 34.0 Å². The van der Waals surface area contributed by atoms with Crippen molar-refractivity contribution in [3.05, 3.63) is 46.7 Å². The lowest BCUT2D eigenvalue weighted by atomic mass is 10.1. The summed E-state index contributed by atoms with van der Waals surface area (Å²) in [5, 5.41) is 4.30. The average Bonchev–Trinajstić information content (AvgIpc) is 3.09. The highest BCUT2D eigenvalue weighted by Gasteiger charge is 2.12. The first-order chi connectivity index (χ1) is 8.38. The number of rotatable bonds is 3. The summed E-state index contributed by atoms with van der Waals surface area (Å²) in [6.07, 6.45) is 1.11. The van der Waals surface area contributed by atoms with Crippen LogP contribution in [0.4, 0.5) is 0 Å². The van der Waals surface area contributed by atoms with Gasteiger partial charge in [-0.1, -0.05) is 19.1 Å². The van der Waals surface area contributed by atoms with Gasteiger partial charge in [0.1, 0.15) is 0 Å². The Morgan fingerprint density at radius 2 is 1.65 bits per heavy atom. The lowest BCUT2D eigenvalue weighted by Crippen LogP contribution is -1.76. The van der Waals surface area contributed by atoms with Gasteiger partial charge >= 0.3 is 0 Å². The molecular formula is C14H12S3. The van der Waals surface area contributed by atoms with Crippen LogP contribution in [0.2, 0.25) is 0 Å². The molecule has 0 fully saturated rings. The average molecular weight is 276 g/mol. The van der Waals surface area contributed by atoms with E-state index < -0.39 is 0 Å². The second-order valence-electron chi connectivity index (χ2n) is 3.77.